The molecule has 0 aliphatic heterocycles. The number of nitriles is 1. The molecule has 0 unspecified atom stereocenters. The average Bonchev–Trinajstić information content (AvgIpc) is 2.26. The number of sulfonamides is 1. The zero-order valence-corrected chi connectivity index (χ0v) is 12.9. The molecule has 19 heavy (non-hydrogen) atoms. The van der Waals surface area contributed by atoms with Crippen molar-refractivity contribution in [2.45, 2.75) is 24.3 Å². The smallest absolute Gasteiger partial charge is 0.240 e. The zero-order valence-electron chi connectivity index (χ0n) is 10.5. The van der Waals surface area contributed by atoms with Gasteiger partial charge in [-0.2, -0.15) is 5.26 Å². The van der Waals surface area contributed by atoms with Gasteiger partial charge in [-0.3, -0.25) is 0 Å². The number of nitrogens with one attached hydrogen (secondary N) is 1. The van der Waals surface area contributed by atoms with Crippen LogP contribution in [0.5, 0.6) is 0 Å². The first-order valence-corrected chi connectivity index (χ1v) is 7.00. The molecule has 0 aliphatic rings. The van der Waals surface area contributed by atoms with Crippen LogP contribution in [-0.2, 0) is 10.0 Å². The van der Waals surface area contributed by atoms with Gasteiger partial charge in [0.1, 0.15) is 6.07 Å². The van der Waals surface area contributed by atoms with Crippen molar-refractivity contribution >= 4 is 34.0 Å². The van der Waals surface area contributed by atoms with Gasteiger partial charge in [0.25, 0.3) is 0 Å². The van der Waals surface area contributed by atoms with Crippen molar-refractivity contribution < 1.29 is 8.42 Å². The SMILES string of the molecule is CC(C)(N)CNS(=O)(=O)c1ccc(Cl)c(C#N)c1.Cl. The second kappa shape index (κ2) is 6.55. The summed E-state index contributed by atoms with van der Waals surface area (Å²) in [5.74, 6) is 0. The fraction of sp³-hybridized carbons (Fsp3) is 0.364. The van der Waals surface area contributed by atoms with E-state index in [1.807, 2.05) is 6.07 Å². The van der Waals surface area contributed by atoms with Gasteiger partial charge in [0.05, 0.1) is 15.5 Å². The van der Waals surface area contributed by atoms with Crippen molar-refractivity contribution in [3.8, 4) is 6.07 Å². The third kappa shape index (κ3) is 5.35. The Morgan fingerprint density at radius 2 is 2.05 bits per heavy atom. The third-order valence-electron chi connectivity index (χ3n) is 2.09. The predicted molar refractivity (Wildman–Crippen MR) is 76.9 cm³/mol. The molecule has 0 heterocycles. The highest BCUT2D eigenvalue weighted by Crippen LogP contribution is 2.19. The van der Waals surface area contributed by atoms with Crippen LogP contribution in [0.25, 0.3) is 0 Å². The van der Waals surface area contributed by atoms with Crippen LogP contribution < -0.4 is 10.5 Å². The molecule has 0 bridgehead atoms. The predicted octanol–water partition coefficient (Wildman–Crippen LogP) is 1.65. The maximum absolute atomic E-state index is 11.9. The van der Waals surface area contributed by atoms with Crippen LogP contribution in [0.1, 0.15) is 19.4 Å². The van der Waals surface area contributed by atoms with Gasteiger partial charge in [0, 0.05) is 12.1 Å². The summed E-state index contributed by atoms with van der Waals surface area (Å²) in [4.78, 5) is -0.00676. The van der Waals surface area contributed by atoms with Crippen LogP contribution in [0, 0.1) is 11.3 Å². The molecule has 0 amide bonds. The average molecular weight is 324 g/mol. The lowest BCUT2D eigenvalue weighted by molar-refractivity contribution is 0.498. The van der Waals surface area contributed by atoms with E-state index in [0.29, 0.717) is 0 Å². The number of nitrogens with zero attached hydrogens (tertiary/aromatic N) is 1. The first-order valence-electron chi connectivity index (χ1n) is 5.14. The standard InChI is InChI=1S/C11H14ClN3O2S.ClH/c1-11(2,14)7-15-18(16,17)9-3-4-10(12)8(5-9)6-13;/h3-5,15H,7,14H2,1-2H3;1H. The van der Waals surface area contributed by atoms with Gasteiger partial charge >= 0.3 is 0 Å². The van der Waals surface area contributed by atoms with Gasteiger partial charge in [-0.1, -0.05) is 11.6 Å². The number of rotatable bonds is 4. The minimum atomic E-state index is -3.68. The van der Waals surface area contributed by atoms with Crippen molar-refractivity contribution in [3.63, 3.8) is 0 Å². The molecule has 5 nitrogen and oxygen atoms in total. The highest BCUT2D eigenvalue weighted by Gasteiger charge is 2.19. The number of benzene rings is 1. The monoisotopic (exact) mass is 323 g/mol. The molecule has 0 aliphatic carbocycles. The summed E-state index contributed by atoms with van der Waals surface area (Å²) >= 11 is 5.74. The van der Waals surface area contributed by atoms with E-state index in [2.05, 4.69) is 4.72 Å². The highest BCUT2D eigenvalue weighted by molar-refractivity contribution is 7.89. The van der Waals surface area contributed by atoms with E-state index in [4.69, 9.17) is 22.6 Å². The molecule has 0 radical (unpaired) electrons. The molecule has 0 spiro atoms. The molecule has 1 rings (SSSR count). The normalized spacial score (nSPS) is 11.5. The van der Waals surface area contributed by atoms with Crippen LogP contribution in [-0.4, -0.2) is 20.5 Å². The van der Waals surface area contributed by atoms with E-state index >= 15 is 0 Å². The molecule has 0 saturated carbocycles. The summed E-state index contributed by atoms with van der Waals surface area (Å²) in [6.45, 7) is 3.51. The van der Waals surface area contributed by atoms with Gasteiger partial charge in [0.15, 0.2) is 0 Å². The maximum Gasteiger partial charge on any atom is 0.240 e. The summed E-state index contributed by atoms with van der Waals surface area (Å²) in [7, 11) is -3.68. The Morgan fingerprint density at radius 1 is 1.47 bits per heavy atom. The van der Waals surface area contributed by atoms with E-state index in [0.717, 1.165) is 0 Å². The van der Waals surface area contributed by atoms with Gasteiger partial charge in [-0.25, -0.2) is 13.1 Å². The first kappa shape index (κ1) is 18.2. The Kier molecular flexibility index (Phi) is 6.26. The first-order chi connectivity index (χ1) is 8.15. The summed E-state index contributed by atoms with van der Waals surface area (Å²) in [5, 5.41) is 9.02. The van der Waals surface area contributed by atoms with Crippen LogP contribution in [0.2, 0.25) is 5.02 Å². The minimum absolute atomic E-state index is 0. The molecule has 0 atom stereocenters. The van der Waals surface area contributed by atoms with Crippen LogP contribution in [0.4, 0.5) is 0 Å². The fourth-order valence-electron chi connectivity index (χ4n) is 1.12. The summed E-state index contributed by atoms with van der Waals surface area (Å²) < 4.78 is 26.3. The molecule has 0 aromatic heterocycles. The van der Waals surface area contributed by atoms with Crippen molar-refractivity contribution in [1.29, 1.82) is 5.26 Å². The van der Waals surface area contributed by atoms with E-state index in [-0.39, 0.29) is 34.4 Å². The number of hydrogen-bond donors (Lipinski definition) is 2. The quantitative estimate of drug-likeness (QED) is 0.880. The van der Waals surface area contributed by atoms with Crippen molar-refractivity contribution in [2.75, 3.05) is 6.54 Å². The lowest BCUT2D eigenvalue weighted by Gasteiger charge is -2.19. The molecular formula is C11H15Cl2N3O2S. The molecule has 0 fully saturated rings. The van der Waals surface area contributed by atoms with Crippen LogP contribution in [0.15, 0.2) is 23.1 Å². The molecule has 106 valence electrons. The van der Waals surface area contributed by atoms with E-state index in [1.54, 1.807) is 13.8 Å². The largest absolute Gasteiger partial charge is 0.324 e. The molecule has 3 N–H and O–H groups in total. The van der Waals surface area contributed by atoms with E-state index in [9.17, 15) is 8.42 Å². The Labute approximate surface area is 124 Å². The van der Waals surface area contributed by atoms with Crippen molar-refractivity contribution in [2.24, 2.45) is 5.73 Å². The topological polar surface area (TPSA) is 96.0 Å². The second-order valence-electron chi connectivity index (χ2n) is 4.57. The van der Waals surface area contributed by atoms with Gasteiger partial charge in [-0.15, -0.1) is 12.4 Å². The third-order valence-corrected chi connectivity index (χ3v) is 3.81. The van der Waals surface area contributed by atoms with Crippen LogP contribution in [0.3, 0.4) is 0 Å². The van der Waals surface area contributed by atoms with Gasteiger partial charge < -0.3 is 5.73 Å². The number of nitrogens with two attached hydrogens (primary N) is 1. The van der Waals surface area contributed by atoms with Gasteiger partial charge in [-0.05, 0) is 32.0 Å². The van der Waals surface area contributed by atoms with E-state index < -0.39 is 15.6 Å². The molecule has 1 aromatic rings. The summed E-state index contributed by atoms with van der Waals surface area (Å²) in [5.41, 5.74) is 5.16. The summed E-state index contributed by atoms with van der Waals surface area (Å²) in [6.07, 6.45) is 0. The number of hydrogen-bond acceptors (Lipinski definition) is 4. The summed E-state index contributed by atoms with van der Waals surface area (Å²) in [6, 6.07) is 5.78. The lowest BCUT2D eigenvalue weighted by Crippen LogP contribution is -2.45. The van der Waals surface area contributed by atoms with Crippen molar-refractivity contribution in [1.82, 2.24) is 4.72 Å². The second-order valence-corrected chi connectivity index (χ2v) is 6.74. The minimum Gasteiger partial charge on any atom is -0.324 e. The highest BCUT2D eigenvalue weighted by atomic mass is 35.5. The molecular weight excluding hydrogens is 309 g/mol. The maximum atomic E-state index is 11.9. The number of halogens is 2. The Bertz CT molecular complexity index is 589. The molecule has 1 aromatic carbocycles. The molecule has 8 heteroatoms. The van der Waals surface area contributed by atoms with Gasteiger partial charge in [0.2, 0.25) is 10.0 Å². The molecule has 0 saturated heterocycles. The Balaban J connectivity index is 0.00000324. The Morgan fingerprint density at radius 3 is 2.53 bits per heavy atom. The van der Waals surface area contributed by atoms with Crippen LogP contribution >= 0.6 is 24.0 Å². The fourth-order valence-corrected chi connectivity index (χ4v) is 2.53. The lowest BCUT2D eigenvalue weighted by atomic mass is 10.1. The zero-order chi connectivity index (χ0) is 14.0. The van der Waals surface area contributed by atoms with E-state index in [1.165, 1.54) is 18.2 Å². The van der Waals surface area contributed by atoms with Crippen molar-refractivity contribution in [3.05, 3.63) is 28.8 Å². The Hall–Kier alpha value is -0.840.